The van der Waals surface area contributed by atoms with E-state index in [1.165, 1.54) is 5.56 Å². The molecule has 126 valence electrons. The summed E-state index contributed by atoms with van der Waals surface area (Å²) in [5, 5.41) is 0. The molecule has 5 rings (SSSR count). The van der Waals surface area contributed by atoms with E-state index in [-0.39, 0.29) is 6.03 Å². The molecule has 3 aromatic rings. The van der Waals surface area contributed by atoms with Crippen molar-refractivity contribution in [3.05, 3.63) is 108 Å². The molecule has 0 N–H and O–H groups in total. The molecule has 0 radical (unpaired) electrons. The summed E-state index contributed by atoms with van der Waals surface area (Å²) in [5.41, 5.74) is 4.71. The van der Waals surface area contributed by atoms with Crippen LogP contribution in [0.15, 0.2) is 91.0 Å². The number of benzene rings is 3. The number of hydrogen-bond acceptors (Lipinski definition) is 1. The number of carbonyl (C=O) groups excluding carboxylic acids is 1. The van der Waals surface area contributed by atoms with Gasteiger partial charge in [0.05, 0.1) is 5.70 Å². The van der Waals surface area contributed by atoms with Gasteiger partial charge in [0, 0.05) is 11.3 Å². The quantitative estimate of drug-likeness (QED) is 0.648. The maximum atomic E-state index is 13.1. The lowest BCUT2D eigenvalue weighted by Crippen LogP contribution is -2.78. The van der Waals surface area contributed by atoms with Crippen LogP contribution >= 0.6 is 0 Å². The van der Waals surface area contributed by atoms with Gasteiger partial charge in [-0.15, -0.1) is 0 Å². The normalized spacial score (nSPS) is 20.8. The van der Waals surface area contributed by atoms with Crippen LogP contribution in [0.3, 0.4) is 0 Å². The minimum atomic E-state index is -0.529. The van der Waals surface area contributed by atoms with Gasteiger partial charge in [-0.1, -0.05) is 78.4 Å². The van der Waals surface area contributed by atoms with E-state index < -0.39 is 5.66 Å². The molecule has 1 atom stereocenters. The number of aryl methyl sites for hydroxylation is 1. The van der Waals surface area contributed by atoms with Gasteiger partial charge in [0.1, 0.15) is 0 Å². The van der Waals surface area contributed by atoms with Crippen molar-refractivity contribution in [2.75, 3.05) is 4.90 Å². The predicted molar refractivity (Wildman–Crippen MR) is 103 cm³/mol. The molecule has 2 aliphatic heterocycles. The Labute approximate surface area is 152 Å². The van der Waals surface area contributed by atoms with E-state index in [2.05, 4.69) is 25.1 Å². The van der Waals surface area contributed by atoms with Gasteiger partial charge < -0.3 is 0 Å². The molecule has 0 saturated carbocycles. The van der Waals surface area contributed by atoms with E-state index in [0.29, 0.717) is 0 Å². The lowest BCUT2D eigenvalue weighted by molar-refractivity contribution is 0.112. The van der Waals surface area contributed by atoms with Gasteiger partial charge in [0.2, 0.25) is 0 Å². The zero-order valence-corrected chi connectivity index (χ0v) is 14.5. The summed E-state index contributed by atoms with van der Waals surface area (Å²) in [6, 6.07) is 28.4. The SMILES string of the molecule is Cc1ccc(N2C(=O)N3C(c4ccccc4)=CC32c2ccccc2)cc1. The fourth-order valence-corrected chi connectivity index (χ4v) is 3.90. The number of fused-ring (bicyclic) bond motifs is 1. The van der Waals surface area contributed by atoms with Crippen molar-refractivity contribution in [2.45, 2.75) is 12.6 Å². The van der Waals surface area contributed by atoms with Gasteiger partial charge in [-0.3, -0.25) is 9.80 Å². The van der Waals surface area contributed by atoms with Crippen molar-refractivity contribution in [1.82, 2.24) is 4.90 Å². The average Bonchev–Trinajstić information content (AvgIpc) is 2.67. The fourth-order valence-electron chi connectivity index (χ4n) is 3.90. The molecule has 0 aliphatic carbocycles. The first-order valence-electron chi connectivity index (χ1n) is 8.77. The van der Waals surface area contributed by atoms with Crippen molar-refractivity contribution in [3.8, 4) is 0 Å². The molecule has 0 spiro atoms. The Kier molecular flexibility index (Phi) is 3.07. The summed E-state index contributed by atoms with van der Waals surface area (Å²) in [4.78, 5) is 16.9. The van der Waals surface area contributed by atoms with Crippen molar-refractivity contribution < 1.29 is 4.79 Å². The highest BCUT2D eigenvalue weighted by molar-refractivity contribution is 6.11. The molecule has 2 aliphatic rings. The molecule has 1 saturated heterocycles. The van der Waals surface area contributed by atoms with Gasteiger partial charge in [-0.2, -0.15) is 0 Å². The molecule has 0 aromatic heterocycles. The third-order valence-corrected chi connectivity index (χ3v) is 5.20. The number of urea groups is 1. The lowest BCUT2D eigenvalue weighted by atomic mass is 9.80. The number of amides is 2. The van der Waals surface area contributed by atoms with Crippen LogP contribution in [0.1, 0.15) is 16.7 Å². The number of hydrogen-bond donors (Lipinski definition) is 0. The second kappa shape index (κ2) is 5.33. The van der Waals surface area contributed by atoms with E-state index in [1.807, 2.05) is 82.6 Å². The van der Waals surface area contributed by atoms with Crippen LogP contribution in [0.25, 0.3) is 5.70 Å². The van der Waals surface area contributed by atoms with Gasteiger partial charge in [-0.05, 0) is 30.7 Å². The molecule has 26 heavy (non-hydrogen) atoms. The van der Waals surface area contributed by atoms with E-state index in [0.717, 1.165) is 22.5 Å². The summed E-state index contributed by atoms with van der Waals surface area (Å²) in [7, 11) is 0. The topological polar surface area (TPSA) is 23.6 Å². The number of rotatable bonds is 3. The molecule has 3 aromatic carbocycles. The first-order valence-corrected chi connectivity index (χ1v) is 8.77. The summed E-state index contributed by atoms with van der Waals surface area (Å²) in [6.45, 7) is 2.05. The van der Waals surface area contributed by atoms with E-state index in [4.69, 9.17) is 0 Å². The zero-order valence-electron chi connectivity index (χ0n) is 14.5. The first kappa shape index (κ1) is 15.0. The number of anilines is 1. The Balaban J connectivity index is 1.66. The Morgan fingerprint density at radius 2 is 1.35 bits per heavy atom. The largest absolute Gasteiger partial charge is 0.333 e. The Morgan fingerprint density at radius 3 is 2.00 bits per heavy atom. The minimum Gasteiger partial charge on any atom is -0.262 e. The van der Waals surface area contributed by atoms with Gasteiger partial charge in [0.25, 0.3) is 0 Å². The van der Waals surface area contributed by atoms with Gasteiger partial charge >= 0.3 is 6.03 Å². The first-order chi connectivity index (χ1) is 12.7. The molecule has 0 bridgehead atoms. The second-order valence-corrected chi connectivity index (χ2v) is 6.78. The van der Waals surface area contributed by atoms with E-state index in [1.54, 1.807) is 0 Å². The maximum Gasteiger partial charge on any atom is 0.333 e. The molecule has 2 amide bonds. The standard InChI is InChI=1S/C23H18N2O/c1-17-12-14-20(15-13-17)24-22(26)25-21(18-8-4-2-5-9-18)16-23(24,25)19-10-6-3-7-11-19/h2-16H,1H3. The van der Waals surface area contributed by atoms with Crippen LogP contribution in [0.4, 0.5) is 10.5 Å². The molecule has 3 heteroatoms. The Hall–Kier alpha value is -3.33. The van der Waals surface area contributed by atoms with Crippen LogP contribution in [0.2, 0.25) is 0 Å². The highest BCUT2D eigenvalue weighted by Gasteiger charge is 2.65. The third kappa shape index (κ3) is 1.85. The minimum absolute atomic E-state index is 0.0130. The Morgan fingerprint density at radius 1 is 0.731 bits per heavy atom. The van der Waals surface area contributed by atoms with Crippen LogP contribution in [-0.4, -0.2) is 10.9 Å². The number of nitrogens with zero attached hydrogens (tertiary/aromatic N) is 2. The van der Waals surface area contributed by atoms with E-state index >= 15 is 0 Å². The van der Waals surface area contributed by atoms with Crippen molar-refractivity contribution in [3.63, 3.8) is 0 Å². The summed E-state index contributed by atoms with van der Waals surface area (Å²) < 4.78 is 0. The molecule has 1 unspecified atom stereocenters. The predicted octanol–water partition coefficient (Wildman–Crippen LogP) is 5.14. The summed E-state index contributed by atoms with van der Waals surface area (Å²) in [5.74, 6) is 0. The molecule has 3 nitrogen and oxygen atoms in total. The third-order valence-electron chi connectivity index (χ3n) is 5.20. The van der Waals surface area contributed by atoms with Crippen LogP contribution < -0.4 is 4.90 Å². The van der Waals surface area contributed by atoms with Crippen LogP contribution in [0, 0.1) is 6.92 Å². The zero-order chi connectivity index (χ0) is 17.7. The van der Waals surface area contributed by atoms with E-state index in [9.17, 15) is 4.79 Å². The van der Waals surface area contributed by atoms with Crippen molar-refractivity contribution in [1.29, 1.82) is 0 Å². The monoisotopic (exact) mass is 338 g/mol. The molecule has 1 fully saturated rings. The number of carbonyl (C=O) groups is 1. The molecular formula is C23H18N2O. The van der Waals surface area contributed by atoms with Crippen LogP contribution in [0.5, 0.6) is 0 Å². The second-order valence-electron chi connectivity index (χ2n) is 6.78. The molecular weight excluding hydrogens is 320 g/mol. The Bertz CT molecular complexity index is 1010. The van der Waals surface area contributed by atoms with Crippen molar-refractivity contribution in [2.24, 2.45) is 0 Å². The lowest BCUT2D eigenvalue weighted by Gasteiger charge is -2.65. The van der Waals surface area contributed by atoms with Gasteiger partial charge in [-0.25, -0.2) is 4.79 Å². The van der Waals surface area contributed by atoms with Gasteiger partial charge in [0.15, 0.2) is 5.66 Å². The highest BCUT2D eigenvalue weighted by atomic mass is 16.2. The smallest absolute Gasteiger partial charge is 0.262 e. The van der Waals surface area contributed by atoms with Crippen LogP contribution in [-0.2, 0) is 5.66 Å². The summed E-state index contributed by atoms with van der Waals surface area (Å²) in [6.07, 6.45) is 2.19. The fraction of sp³-hybridized carbons (Fsp3) is 0.0870. The average molecular weight is 338 g/mol. The van der Waals surface area contributed by atoms with Crippen molar-refractivity contribution >= 4 is 17.4 Å². The molecule has 2 heterocycles. The highest BCUT2D eigenvalue weighted by Crippen LogP contribution is 2.57. The maximum absolute atomic E-state index is 13.1. The summed E-state index contributed by atoms with van der Waals surface area (Å²) >= 11 is 0.